The van der Waals surface area contributed by atoms with Gasteiger partial charge >= 0.3 is 0 Å². The van der Waals surface area contributed by atoms with Crippen molar-refractivity contribution in [2.45, 2.75) is 17.9 Å². The van der Waals surface area contributed by atoms with Crippen LogP contribution in [0.3, 0.4) is 0 Å². The second kappa shape index (κ2) is 9.34. The number of carbonyl (C=O) groups excluding carboxylic acids is 1. The Morgan fingerprint density at radius 2 is 2.12 bits per heavy atom. The third-order valence-electron chi connectivity index (χ3n) is 3.28. The summed E-state index contributed by atoms with van der Waals surface area (Å²) in [6.07, 6.45) is 4.87. The SMILES string of the molecule is C=C/C=C(\C=C)NC(=O)C(C)SCc1csc(-c2ccc(F)cc2)n1. The monoisotopic (exact) mass is 374 g/mol. The Labute approximate surface area is 155 Å². The van der Waals surface area contributed by atoms with Crippen molar-refractivity contribution < 1.29 is 9.18 Å². The van der Waals surface area contributed by atoms with Crippen LogP contribution in [0, 0.1) is 5.82 Å². The first-order valence-corrected chi connectivity index (χ1v) is 9.54. The lowest BCUT2D eigenvalue weighted by atomic mass is 10.2. The molecule has 0 aliphatic heterocycles. The van der Waals surface area contributed by atoms with E-state index in [1.54, 1.807) is 30.4 Å². The van der Waals surface area contributed by atoms with Crippen molar-refractivity contribution in [1.29, 1.82) is 0 Å². The molecule has 130 valence electrons. The van der Waals surface area contributed by atoms with E-state index in [-0.39, 0.29) is 17.0 Å². The summed E-state index contributed by atoms with van der Waals surface area (Å²) in [5.41, 5.74) is 2.41. The van der Waals surface area contributed by atoms with Gasteiger partial charge in [-0.05, 0) is 43.3 Å². The van der Waals surface area contributed by atoms with Gasteiger partial charge in [-0.3, -0.25) is 4.79 Å². The van der Waals surface area contributed by atoms with Crippen LogP contribution >= 0.6 is 23.1 Å². The molecule has 1 amide bonds. The zero-order chi connectivity index (χ0) is 18.2. The van der Waals surface area contributed by atoms with Gasteiger partial charge in [-0.1, -0.05) is 19.2 Å². The largest absolute Gasteiger partial charge is 0.325 e. The van der Waals surface area contributed by atoms with Crippen LogP contribution in [-0.4, -0.2) is 16.1 Å². The van der Waals surface area contributed by atoms with E-state index in [1.807, 2.05) is 12.3 Å². The maximum atomic E-state index is 13.0. The van der Waals surface area contributed by atoms with Crippen LogP contribution in [0.2, 0.25) is 0 Å². The van der Waals surface area contributed by atoms with Crippen LogP contribution in [0.4, 0.5) is 4.39 Å². The Kier molecular flexibility index (Phi) is 7.16. The Morgan fingerprint density at radius 3 is 2.76 bits per heavy atom. The summed E-state index contributed by atoms with van der Waals surface area (Å²) in [6.45, 7) is 9.10. The lowest BCUT2D eigenvalue weighted by Crippen LogP contribution is -2.29. The van der Waals surface area contributed by atoms with Gasteiger partial charge in [0.2, 0.25) is 5.91 Å². The number of hydrogen-bond acceptors (Lipinski definition) is 4. The Bertz CT molecular complexity index is 781. The fourth-order valence-corrected chi connectivity index (χ4v) is 3.63. The minimum atomic E-state index is -0.264. The molecule has 2 aromatic rings. The van der Waals surface area contributed by atoms with Crippen molar-refractivity contribution in [3.05, 3.63) is 78.2 Å². The smallest absolute Gasteiger partial charge is 0.237 e. The lowest BCUT2D eigenvalue weighted by Gasteiger charge is -2.11. The molecule has 3 nitrogen and oxygen atoms in total. The number of carbonyl (C=O) groups is 1. The van der Waals surface area contributed by atoms with Gasteiger partial charge in [0.15, 0.2) is 0 Å². The summed E-state index contributed by atoms with van der Waals surface area (Å²) in [5, 5.41) is 5.37. The first-order valence-electron chi connectivity index (χ1n) is 7.61. The number of hydrogen-bond donors (Lipinski definition) is 1. The molecule has 0 saturated carbocycles. The summed E-state index contributed by atoms with van der Waals surface area (Å²) >= 11 is 3.01. The lowest BCUT2D eigenvalue weighted by molar-refractivity contribution is -0.119. The topological polar surface area (TPSA) is 42.0 Å². The quantitative estimate of drug-likeness (QED) is 0.665. The van der Waals surface area contributed by atoms with Gasteiger partial charge in [-0.2, -0.15) is 0 Å². The second-order valence-corrected chi connectivity index (χ2v) is 7.34. The third kappa shape index (κ3) is 5.69. The number of nitrogens with zero attached hydrogens (tertiary/aromatic N) is 1. The molecule has 0 aliphatic carbocycles. The van der Waals surface area contributed by atoms with E-state index in [0.29, 0.717) is 11.4 Å². The number of thioether (sulfide) groups is 1. The highest BCUT2D eigenvalue weighted by molar-refractivity contribution is 7.99. The zero-order valence-corrected chi connectivity index (χ0v) is 15.5. The number of allylic oxidation sites excluding steroid dienone is 3. The summed E-state index contributed by atoms with van der Waals surface area (Å²) in [7, 11) is 0. The van der Waals surface area contributed by atoms with E-state index in [1.165, 1.54) is 35.2 Å². The Balaban J connectivity index is 1.91. The fraction of sp³-hybridized carbons (Fsp3) is 0.158. The van der Waals surface area contributed by atoms with Crippen LogP contribution in [-0.2, 0) is 10.5 Å². The van der Waals surface area contributed by atoms with Crippen LogP contribution < -0.4 is 5.32 Å². The summed E-state index contributed by atoms with van der Waals surface area (Å²) in [5.74, 6) is 0.272. The number of aromatic nitrogens is 1. The maximum absolute atomic E-state index is 13.0. The Morgan fingerprint density at radius 1 is 1.40 bits per heavy atom. The highest BCUT2D eigenvalue weighted by Crippen LogP contribution is 2.26. The van der Waals surface area contributed by atoms with E-state index in [2.05, 4.69) is 23.5 Å². The van der Waals surface area contributed by atoms with E-state index < -0.39 is 0 Å². The maximum Gasteiger partial charge on any atom is 0.237 e. The van der Waals surface area contributed by atoms with E-state index in [4.69, 9.17) is 0 Å². The molecule has 0 fully saturated rings. The van der Waals surface area contributed by atoms with Crippen molar-refractivity contribution in [1.82, 2.24) is 10.3 Å². The van der Waals surface area contributed by atoms with Gasteiger partial charge in [0.1, 0.15) is 10.8 Å². The fourth-order valence-electron chi connectivity index (χ4n) is 1.92. The van der Waals surface area contributed by atoms with Crippen LogP contribution in [0.15, 0.2) is 66.7 Å². The van der Waals surface area contributed by atoms with E-state index >= 15 is 0 Å². The molecule has 1 N–H and O–H groups in total. The van der Waals surface area contributed by atoms with Gasteiger partial charge in [0.05, 0.1) is 10.9 Å². The molecular weight excluding hydrogens is 355 g/mol. The van der Waals surface area contributed by atoms with Crippen molar-refractivity contribution in [3.8, 4) is 10.6 Å². The molecule has 25 heavy (non-hydrogen) atoms. The van der Waals surface area contributed by atoms with Gasteiger partial charge in [0.25, 0.3) is 0 Å². The van der Waals surface area contributed by atoms with Crippen LogP contribution in [0.5, 0.6) is 0 Å². The molecule has 0 spiro atoms. The number of rotatable bonds is 8. The molecular formula is C19H19FN2OS2. The first-order chi connectivity index (χ1) is 12.0. The van der Waals surface area contributed by atoms with Gasteiger partial charge in [-0.25, -0.2) is 9.37 Å². The molecule has 0 bridgehead atoms. The highest BCUT2D eigenvalue weighted by Gasteiger charge is 2.15. The van der Waals surface area contributed by atoms with Crippen LogP contribution in [0.25, 0.3) is 10.6 Å². The van der Waals surface area contributed by atoms with E-state index in [0.717, 1.165) is 16.3 Å². The minimum absolute atomic E-state index is 0.0908. The summed E-state index contributed by atoms with van der Waals surface area (Å²) in [6, 6.07) is 6.27. The second-order valence-electron chi connectivity index (χ2n) is 5.16. The average molecular weight is 375 g/mol. The predicted octanol–water partition coefficient (Wildman–Crippen LogP) is 4.94. The van der Waals surface area contributed by atoms with Crippen molar-refractivity contribution >= 4 is 29.0 Å². The number of nitrogens with one attached hydrogen (secondary N) is 1. The van der Waals surface area contributed by atoms with Gasteiger partial charge in [-0.15, -0.1) is 23.1 Å². The normalized spacial score (nSPS) is 12.5. The summed E-state index contributed by atoms with van der Waals surface area (Å²) in [4.78, 5) is 16.7. The first kappa shape index (κ1) is 19.1. The standard InChI is InChI=1S/C19H19FN2OS2/c1-4-6-16(5-2)21-18(23)13(3)24-11-17-12-25-19(22-17)14-7-9-15(20)10-8-14/h4-10,12-13H,1-2,11H2,3H3,(H,21,23)/b16-6+. The third-order valence-corrected chi connectivity index (χ3v) is 5.39. The molecule has 1 aromatic heterocycles. The Hall–Kier alpha value is -2.18. The molecule has 0 aliphatic rings. The van der Waals surface area contributed by atoms with E-state index in [9.17, 15) is 9.18 Å². The van der Waals surface area contributed by atoms with Gasteiger partial charge < -0.3 is 5.32 Å². The zero-order valence-electron chi connectivity index (χ0n) is 13.9. The number of halogens is 1. The number of thiazole rings is 1. The molecule has 1 unspecified atom stereocenters. The van der Waals surface area contributed by atoms with Crippen molar-refractivity contribution in [3.63, 3.8) is 0 Å². The number of benzene rings is 1. The molecule has 0 radical (unpaired) electrons. The van der Waals surface area contributed by atoms with Crippen molar-refractivity contribution in [2.75, 3.05) is 0 Å². The number of amides is 1. The minimum Gasteiger partial charge on any atom is -0.325 e. The summed E-state index contributed by atoms with van der Waals surface area (Å²) < 4.78 is 13.0. The van der Waals surface area contributed by atoms with Crippen molar-refractivity contribution in [2.24, 2.45) is 0 Å². The molecule has 1 heterocycles. The van der Waals surface area contributed by atoms with Gasteiger partial charge in [0, 0.05) is 22.4 Å². The van der Waals surface area contributed by atoms with Crippen LogP contribution in [0.1, 0.15) is 12.6 Å². The molecule has 6 heteroatoms. The molecule has 2 rings (SSSR count). The molecule has 1 atom stereocenters. The molecule has 1 aromatic carbocycles. The average Bonchev–Trinajstić information content (AvgIpc) is 3.08. The predicted molar refractivity (Wildman–Crippen MR) is 105 cm³/mol. The highest BCUT2D eigenvalue weighted by atomic mass is 32.2. The molecule has 0 saturated heterocycles.